The third kappa shape index (κ3) is 3.15. The number of rotatable bonds is 2. The minimum atomic E-state index is -0.491. The number of hydrogen-bond acceptors (Lipinski definition) is 2. The second kappa shape index (κ2) is 4.38. The Hall–Kier alpha value is -0.670. The molecule has 0 saturated carbocycles. The van der Waals surface area contributed by atoms with E-state index in [2.05, 4.69) is 20.9 Å². The van der Waals surface area contributed by atoms with Crippen LogP contribution in [0, 0.1) is 0 Å². The van der Waals surface area contributed by atoms with E-state index >= 15 is 0 Å². The van der Waals surface area contributed by atoms with Gasteiger partial charge in [0.1, 0.15) is 0 Å². The van der Waals surface area contributed by atoms with Crippen LogP contribution in [-0.4, -0.2) is 10.2 Å². The molecule has 1 aromatic rings. The molecule has 1 aromatic heterocycles. The molecule has 0 bridgehead atoms. The Kier molecular flexibility index (Phi) is 3.44. The van der Waals surface area contributed by atoms with Crippen LogP contribution < -0.4 is 0 Å². The predicted molar refractivity (Wildman–Crippen MR) is 51.8 cm³/mol. The molecule has 4 heteroatoms. The molecule has 0 unspecified atom stereocenters. The number of hydrogen-bond donors (Lipinski definition) is 0. The first-order valence-corrected chi connectivity index (χ1v) is 4.33. The Bertz CT molecular complexity index is 325. The van der Waals surface area contributed by atoms with Gasteiger partial charge in [-0.25, -0.2) is 0 Å². The Morgan fingerprint density at radius 1 is 1.58 bits per heavy atom. The van der Waals surface area contributed by atoms with Crippen molar-refractivity contribution in [3.8, 4) is 0 Å². The fourth-order valence-electron chi connectivity index (χ4n) is 0.681. The lowest BCUT2D eigenvalue weighted by Crippen LogP contribution is -1.78. The number of aromatic nitrogens is 1. The number of halogens is 2. The second-order valence-electron chi connectivity index (χ2n) is 2.07. The maximum absolute atomic E-state index is 10.3. The van der Waals surface area contributed by atoms with Crippen LogP contribution in [-0.2, 0) is 4.79 Å². The number of allylic oxidation sites excluding steroid dienone is 1. The van der Waals surface area contributed by atoms with Crippen LogP contribution in [0.15, 0.2) is 29.0 Å². The van der Waals surface area contributed by atoms with Crippen molar-refractivity contribution >= 4 is 38.8 Å². The van der Waals surface area contributed by atoms with Crippen LogP contribution in [0.2, 0.25) is 0 Å². The molecular formula is C8H5BrClNO. The van der Waals surface area contributed by atoms with Crippen LogP contribution >= 0.6 is 27.5 Å². The van der Waals surface area contributed by atoms with Crippen molar-refractivity contribution in [2.24, 2.45) is 0 Å². The van der Waals surface area contributed by atoms with Crippen molar-refractivity contribution in [2.75, 3.05) is 0 Å². The van der Waals surface area contributed by atoms with E-state index in [0.29, 0.717) is 0 Å². The topological polar surface area (TPSA) is 30.0 Å². The molecule has 0 aliphatic carbocycles. The average molecular weight is 246 g/mol. The maximum Gasteiger partial charge on any atom is 0.245 e. The number of carbonyl (C=O) groups excluding carboxylic acids is 1. The third-order valence-electron chi connectivity index (χ3n) is 1.13. The first-order chi connectivity index (χ1) is 5.68. The van der Waals surface area contributed by atoms with Crippen molar-refractivity contribution in [3.05, 3.63) is 34.6 Å². The van der Waals surface area contributed by atoms with Gasteiger partial charge in [-0.05, 0) is 51.3 Å². The monoisotopic (exact) mass is 245 g/mol. The lowest BCUT2D eigenvalue weighted by molar-refractivity contribution is -0.107. The molecule has 0 radical (unpaired) electrons. The molecule has 1 heterocycles. The summed E-state index contributed by atoms with van der Waals surface area (Å²) in [5.41, 5.74) is 0.832. The molecule has 12 heavy (non-hydrogen) atoms. The van der Waals surface area contributed by atoms with Crippen molar-refractivity contribution in [1.29, 1.82) is 0 Å². The van der Waals surface area contributed by atoms with Gasteiger partial charge in [-0.1, -0.05) is 0 Å². The molecule has 0 aliphatic heterocycles. The van der Waals surface area contributed by atoms with Gasteiger partial charge >= 0.3 is 0 Å². The average Bonchev–Trinajstić information content (AvgIpc) is 2.01. The Morgan fingerprint density at radius 2 is 2.33 bits per heavy atom. The molecule has 0 atom stereocenters. The number of carbonyl (C=O) groups is 1. The van der Waals surface area contributed by atoms with Gasteiger partial charge in [-0.15, -0.1) is 0 Å². The van der Waals surface area contributed by atoms with E-state index in [9.17, 15) is 4.79 Å². The van der Waals surface area contributed by atoms with Gasteiger partial charge in [0.15, 0.2) is 0 Å². The molecule has 0 aromatic carbocycles. The van der Waals surface area contributed by atoms with E-state index in [4.69, 9.17) is 11.6 Å². The van der Waals surface area contributed by atoms with Crippen LogP contribution in [0.25, 0.3) is 6.08 Å². The van der Waals surface area contributed by atoms with Gasteiger partial charge < -0.3 is 0 Å². The molecule has 0 amide bonds. The predicted octanol–water partition coefficient (Wildman–Crippen LogP) is 2.62. The summed E-state index contributed by atoms with van der Waals surface area (Å²) in [6.07, 6.45) is 6.19. The molecule has 0 spiro atoms. The smallest absolute Gasteiger partial charge is 0.245 e. The summed E-state index contributed by atoms with van der Waals surface area (Å²) in [7, 11) is 0. The minimum Gasteiger partial charge on any atom is -0.276 e. The maximum atomic E-state index is 10.3. The summed E-state index contributed by atoms with van der Waals surface area (Å²) >= 11 is 8.36. The minimum absolute atomic E-state index is 0.491. The first kappa shape index (κ1) is 9.42. The van der Waals surface area contributed by atoms with E-state index < -0.39 is 5.24 Å². The molecule has 1 rings (SSSR count). The van der Waals surface area contributed by atoms with Crippen molar-refractivity contribution in [3.63, 3.8) is 0 Å². The van der Waals surface area contributed by atoms with Gasteiger partial charge in [-0.3, -0.25) is 9.78 Å². The Morgan fingerprint density at radius 3 is 2.92 bits per heavy atom. The molecule has 0 aliphatic rings. The van der Waals surface area contributed by atoms with Gasteiger partial charge in [0.25, 0.3) is 0 Å². The van der Waals surface area contributed by atoms with Crippen LogP contribution in [0.5, 0.6) is 0 Å². The van der Waals surface area contributed by atoms with Crippen LogP contribution in [0.1, 0.15) is 5.56 Å². The van der Waals surface area contributed by atoms with E-state index in [-0.39, 0.29) is 0 Å². The largest absolute Gasteiger partial charge is 0.276 e. The summed E-state index contributed by atoms with van der Waals surface area (Å²) in [6, 6.07) is 1.84. The lowest BCUT2D eigenvalue weighted by Gasteiger charge is -1.91. The van der Waals surface area contributed by atoms with Gasteiger partial charge in [0, 0.05) is 16.9 Å². The summed E-state index contributed by atoms with van der Waals surface area (Å²) in [5.74, 6) is 0. The highest BCUT2D eigenvalue weighted by atomic mass is 79.9. The van der Waals surface area contributed by atoms with Crippen LogP contribution in [0.3, 0.4) is 0 Å². The van der Waals surface area contributed by atoms with Gasteiger partial charge in [0.2, 0.25) is 5.24 Å². The highest BCUT2D eigenvalue weighted by Crippen LogP contribution is 2.10. The Labute approximate surface area is 83.4 Å². The second-order valence-corrected chi connectivity index (χ2v) is 3.36. The molecule has 62 valence electrons. The van der Waals surface area contributed by atoms with E-state index in [1.54, 1.807) is 18.5 Å². The summed E-state index contributed by atoms with van der Waals surface area (Å²) in [6.45, 7) is 0. The number of pyridine rings is 1. The fraction of sp³-hybridized carbons (Fsp3) is 0. The standard InChI is InChI=1S/C8H5BrClNO/c9-7-3-6(4-11-5-7)1-2-8(10)12/h1-5H. The van der Waals surface area contributed by atoms with Crippen molar-refractivity contribution in [2.45, 2.75) is 0 Å². The van der Waals surface area contributed by atoms with E-state index in [0.717, 1.165) is 10.0 Å². The van der Waals surface area contributed by atoms with Gasteiger partial charge in [-0.2, -0.15) is 0 Å². The normalized spacial score (nSPS) is 10.5. The zero-order valence-corrected chi connectivity index (χ0v) is 8.34. The third-order valence-corrected chi connectivity index (χ3v) is 1.69. The molecule has 0 fully saturated rings. The summed E-state index contributed by atoms with van der Waals surface area (Å²) in [5, 5.41) is -0.491. The zero-order valence-electron chi connectivity index (χ0n) is 6.00. The van der Waals surface area contributed by atoms with Crippen molar-refractivity contribution < 1.29 is 4.79 Å². The quantitative estimate of drug-likeness (QED) is 0.593. The van der Waals surface area contributed by atoms with Gasteiger partial charge in [0.05, 0.1) is 0 Å². The first-order valence-electron chi connectivity index (χ1n) is 3.16. The molecule has 2 nitrogen and oxygen atoms in total. The van der Waals surface area contributed by atoms with Crippen LogP contribution in [0.4, 0.5) is 0 Å². The fourth-order valence-corrected chi connectivity index (χ4v) is 1.13. The zero-order chi connectivity index (χ0) is 8.97. The molecule has 0 saturated heterocycles. The van der Waals surface area contributed by atoms with E-state index in [1.807, 2.05) is 6.07 Å². The molecular weight excluding hydrogens is 241 g/mol. The Balaban J connectivity index is 2.83. The SMILES string of the molecule is O=C(Cl)C=Cc1cncc(Br)c1. The highest BCUT2D eigenvalue weighted by molar-refractivity contribution is 9.10. The lowest BCUT2D eigenvalue weighted by atomic mass is 10.3. The van der Waals surface area contributed by atoms with Crippen molar-refractivity contribution in [1.82, 2.24) is 4.98 Å². The highest BCUT2D eigenvalue weighted by Gasteiger charge is 1.90. The summed E-state index contributed by atoms with van der Waals surface area (Å²) < 4.78 is 0.867. The number of nitrogens with zero attached hydrogens (tertiary/aromatic N) is 1. The summed E-state index contributed by atoms with van der Waals surface area (Å²) in [4.78, 5) is 14.3. The molecule has 0 N–H and O–H groups in total. The van der Waals surface area contributed by atoms with E-state index in [1.165, 1.54) is 6.08 Å².